The third kappa shape index (κ3) is 4.59. The van der Waals surface area contributed by atoms with Crippen LogP contribution in [0, 0.1) is 11.8 Å². The van der Waals surface area contributed by atoms with E-state index in [4.69, 9.17) is 18.9 Å². The van der Waals surface area contributed by atoms with E-state index in [1.807, 2.05) is 0 Å². The maximum atomic E-state index is 12.4. The van der Waals surface area contributed by atoms with Gasteiger partial charge in [0.05, 0.1) is 21.3 Å². The molecule has 1 amide bonds. The molecule has 0 radical (unpaired) electrons. The van der Waals surface area contributed by atoms with Crippen molar-refractivity contribution in [3.63, 3.8) is 0 Å². The average molecular weight is 365 g/mol. The molecule has 0 saturated carbocycles. The molecule has 26 heavy (non-hydrogen) atoms. The van der Waals surface area contributed by atoms with Gasteiger partial charge in [0, 0.05) is 25.2 Å². The van der Waals surface area contributed by atoms with E-state index in [2.05, 4.69) is 13.8 Å². The number of piperidine rings is 1. The van der Waals surface area contributed by atoms with Crippen molar-refractivity contribution in [1.82, 2.24) is 4.90 Å². The summed E-state index contributed by atoms with van der Waals surface area (Å²) in [5, 5.41) is 0. The molecule has 0 N–H and O–H groups in total. The number of benzene rings is 1. The second-order valence-corrected chi connectivity index (χ2v) is 6.73. The Hall–Kier alpha value is -2.44. The largest absolute Gasteiger partial charge is 0.496 e. The zero-order valence-electron chi connectivity index (χ0n) is 16.0. The molecule has 144 valence electrons. The number of hydrogen-bond acceptors (Lipinski definition) is 6. The second kappa shape index (κ2) is 8.78. The summed E-state index contributed by atoms with van der Waals surface area (Å²) in [4.78, 5) is 26.6. The van der Waals surface area contributed by atoms with Crippen LogP contribution in [0.3, 0.4) is 0 Å². The highest BCUT2D eigenvalue weighted by Gasteiger charge is 2.26. The first kappa shape index (κ1) is 19.9. The summed E-state index contributed by atoms with van der Waals surface area (Å²) < 4.78 is 20.9. The van der Waals surface area contributed by atoms with Crippen LogP contribution >= 0.6 is 0 Å². The van der Waals surface area contributed by atoms with E-state index in [0.29, 0.717) is 42.2 Å². The van der Waals surface area contributed by atoms with Crippen LogP contribution in [0.2, 0.25) is 0 Å². The Morgan fingerprint density at radius 2 is 1.50 bits per heavy atom. The highest BCUT2D eigenvalue weighted by Crippen LogP contribution is 2.35. The van der Waals surface area contributed by atoms with Crippen molar-refractivity contribution in [3.05, 3.63) is 17.7 Å². The fourth-order valence-electron chi connectivity index (χ4n) is 3.35. The maximum absolute atomic E-state index is 12.4. The molecule has 0 unspecified atom stereocenters. The molecule has 1 aromatic carbocycles. The summed E-state index contributed by atoms with van der Waals surface area (Å²) in [5.74, 6) is 1.18. The fourth-order valence-corrected chi connectivity index (χ4v) is 3.35. The summed E-state index contributed by atoms with van der Waals surface area (Å²) in [6.07, 6.45) is 1.10. The number of ether oxygens (including phenoxy) is 4. The molecule has 0 aromatic heterocycles. The molecule has 2 rings (SSSR count). The van der Waals surface area contributed by atoms with Gasteiger partial charge in [0.15, 0.2) is 18.1 Å². The highest BCUT2D eigenvalue weighted by atomic mass is 16.5. The molecule has 0 spiro atoms. The Balaban J connectivity index is 2.06. The Kier molecular flexibility index (Phi) is 6.71. The number of carbonyl (C=O) groups excluding carboxylic acids is 2. The third-order valence-corrected chi connectivity index (χ3v) is 4.47. The molecule has 0 bridgehead atoms. The van der Waals surface area contributed by atoms with Gasteiger partial charge in [0.2, 0.25) is 0 Å². The van der Waals surface area contributed by atoms with Gasteiger partial charge in [-0.2, -0.15) is 0 Å². The molecule has 7 heteroatoms. The van der Waals surface area contributed by atoms with Crippen LogP contribution in [0.1, 0.15) is 30.6 Å². The molecular formula is C19H27NO6. The first-order chi connectivity index (χ1) is 12.4. The van der Waals surface area contributed by atoms with E-state index >= 15 is 0 Å². The fraction of sp³-hybridized carbons (Fsp3) is 0.579. The molecule has 1 saturated heterocycles. The van der Waals surface area contributed by atoms with Crippen molar-refractivity contribution in [2.75, 3.05) is 41.0 Å². The normalized spacial score (nSPS) is 19.7. The van der Waals surface area contributed by atoms with Crippen molar-refractivity contribution < 1.29 is 28.5 Å². The van der Waals surface area contributed by atoms with Gasteiger partial charge >= 0.3 is 5.97 Å². The molecule has 1 aromatic rings. The SMILES string of the molecule is COc1cc(OC)c(C(=O)OCC(=O)N2C[C@H](C)C[C@@H](C)C2)cc1OC. The van der Waals surface area contributed by atoms with Crippen LogP contribution in [0.25, 0.3) is 0 Å². The summed E-state index contributed by atoms with van der Waals surface area (Å²) in [6.45, 7) is 5.34. The van der Waals surface area contributed by atoms with E-state index in [9.17, 15) is 9.59 Å². The van der Waals surface area contributed by atoms with Crippen LogP contribution in [0.15, 0.2) is 12.1 Å². The van der Waals surface area contributed by atoms with Crippen molar-refractivity contribution in [3.8, 4) is 17.2 Å². The summed E-state index contributed by atoms with van der Waals surface area (Å²) in [7, 11) is 4.41. The minimum Gasteiger partial charge on any atom is -0.496 e. The minimum absolute atomic E-state index is 0.179. The molecule has 1 aliphatic heterocycles. The topological polar surface area (TPSA) is 74.3 Å². The van der Waals surface area contributed by atoms with Gasteiger partial charge in [-0.15, -0.1) is 0 Å². The predicted molar refractivity (Wildman–Crippen MR) is 95.9 cm³/mol. The predicted octanol–water partition coefficient (Wildman–Crippen LogP) is 2.37. The average Bonchev–Trinajstić information content (AvgIpc) is 2.63. The number of amides is 1. The van der Waals surface area contributed by atoms with Crippen LogP contribution in [0.5, 0.6) is 17.2 Å². The zero-order valence-corrected chi connectivity index (χ0v) is 16.0. The molecular weight excluding hydrogens is 338 g/mol. The quantitative estimate of drug-likeness (QED) is 0.721. The third-order valence-electron chi connectivity index (χ3n) is 4.47. The molecule has 2 atom stereocenters. The summed E-state index contributed by atoms with van der Waals surface area (Å²) in [6, 6.07) is 3.03. The molecule has 7 nitrogen and oxygen atoms in total. The number of hydrogen-bond donors (Lipinski definition) is 0. The number of rotatable bonds is 6. The van der Waals surface area contributed by atoms with E-state index in [1.165, 1.54) is 27.4 Å². The Morgan fingerprint density at radius 3 is 2.04 bits per heavy atom. The lowest BCUT2D eigenvalue weighted by Crippen LogP contribution is -2.44. The van der Waals surface area contributed by atoms with Gasteiger partial charge in [-0.25, -0.2) is 4.79 Å². The minimum atomic E-state index is -0.644. The molecule has 1 aliphatic rings. The number of methoxy groups -OCH3 is 3. The van der Waals surface area contributed by atoms with Crippen LogP contribution in [-0.4, -0.2) is 57.8 Å². The van der Waals surface area contributed by atoms with Gasteiger partial charge in [-0.3, -0.25) is 4.79 Å². The lowest BCUT2D eigenvalue weighted by Gasteiger charge is -2.34. The smallest absolute Gasteiger partial charge is 0.342 e. The van der Waals surface area contributed by atoms with Gasteiger partial charge in [0.25, 0.3) is 5.91 Å². The van der Waals surface area contributed by atoms with Crippen molar-refractivity contribution >= 4 is 11.9 Å². The monoisotopic (exact) mass is 365 g/mol. The van der Waals surface area contributed by atoms with Gasteiger partial charge < -0.3 is 23.8 Å². The Labute approximate surface area is 154 Å². The Bertz CT molecular complexity index is 650. The van der Waals surface area contributed by atoms with Gasteiger partial charge in [-0.05, 0) is 18.3 Å². The van der Waals surface area contributed by atoms with Crippen LogP contribution in [-0.2, 0) is 9.53 Å². The lowest BCUT2D eigenvalue weighted by molar-refractivity contribution is -0.137. The van der Waals surface area contributed by atoms with E-state index in [0.717, 1.165) is 6.42 Å². The first-order valence-corrected chi connectivity index (χ1v) is 8.64. The lowest BCUT2D eigenvalue weighted by atomic mass is 9.92. The van der Waals surface area contributed by atoms with Gasteiger partial charge in [0.1, 0.15) is 11.3 Å². The van der Waals surface area contributed by atoms with E-state index < -0.39 is 5.97 Å². The molecule has 1 heterocycles. The maximum Gasteiger partial charge on any atom is 0.342 e. The molecule has 0 aliphatic carbocycles. The first-order valence-electron chi connectivity index (χ1n) is 8.64. The van der Waals surface area contributed by atoms with Crippen molar-refractivity contribution in [1.29, 1.82) is 0 Å². The van der Waals surface area contributed by atoms with Crippen LogP contribution < -0.4 is 14.2 Å². The summed E-state index contributed by atoms with van der Waals surface area (Å²) >= 11 is 0. The van der Waals surface area contributed by atoms with Crippen molar-refractivity contribution in [2.24, 2.45) is 11.8 Å². The van der Waals surface area contributed by atoms with E-state index in [1.54, 1.807) is 11.0 Å². The van der Waals surface area contributed by atoms with E-state index in [-0.39, 0.29) is 18.1 Å². The number of esters is 1. The molecule has 1 fully saturated rings. The number of likely N-dealkylation sites (tertiary alicyclic amines) is 1. The van der Waals surface area contributed by atoms with Gasteiger partial charge in [-0.1, -0.05) is 13.8 Å². The van der Waals surface area contributed by atoms with Crippen molar-refractivity contribution in [2.45, 2.75) is 20.3 Å². The standard InChI is InChI=1S/C19H27NO6/c1-12-6-13(2)10-20(9-12)18(21)11-26-19(22)14-7-16(24-4)17(25-5)8-15(14)23-3/h7-8,12-13H,6,9-11H2,1-5H3/t12-,13-/m1/s1. The van der Waals surface area contributed by atoms with Crippen LogP contribution in [0.4, 0.5) is 0 Å². The summed E-state index contributed by atoms with van der Waals surface area (Å²) in [5.41, 5.74) is 0.179. The number of carbonyl (C=O) groups is 2. The zero-order chi connectivity index (χ0) is 19.3. The second-order valence-electron chi connectivity index (χ2n) is 6.73. The highest BCUT2D eigenvalue weighted by molar-refractivity contribution is 5.95. The Morgan fingerprint density at radius 1 is 0.962 bits per heavy atom. The number of nitrogens with zero attached hydrogens (tertiary/aromatic N) is 1.